The third-order valence-electron chi connectivity index (χ3n) is 6.51. The Hall–Kier alpha value is -3.91. The van der Waals surface area contributed by atoms with E-state index in [-0.39, 0.29) is 12.7 Å². The third-order valence-corrected chi connectivity index (χ3v) is 6.51. The van der Waals surface area contributed by atoms with Crippen molar-refractivity contribution >= 4 is 17.3 Å². The molecule has 0 atom stereocenters. The zero-order valence-electron chi connectivity index (χ0n) is 19.9. The number of hydrogen-bond acceptors (Lipinski definition) is 7. The van der Waals surface area contributed by atoms with Gasteiger partial charge in [-0.1, -0.05) is 12.1 Å². The molecular formula is C27H29N3O5. The Morgan fingerprint density at radius 1 is 1.00 bits per heavy atom. The van der Waals surface area contributed by atoms with Gasteiger partial charge in [0.2, 0.25) is 6.79 Å². The van der Waals surface area contributed by atoms with Crippen molar-refractivity contribution in [2.24, 2.45) is 0 Å². The lowest BCUT2D eigenvalue weighted by Crippen LogP contribution is -2.32. The summed E-state index contributed by atoms with van der Waals surface area (Å²) in [6.07, 6.45) is 1.91. The van der Waals surface area contributed by atoms with Gasteiger partial charge in [-0.05, 0) is 59.9 Å². The van der Waals surface area contributed by atoms with Crippen molar-refractivity contribution in [1.82, 2.24) is 4.90 Å². The van der Waals surface area contributed by atoms with E-state index < -0.39 is 0 Å². The fourth-order valence-electron chi connectivity index (χ4n) is 4.53. The van der Waals surface area contributed by atoms with Gasteiger partial charge in [-0.15, -0.1) is 0 Å². The maximum absolute atomic E-state index is 12.7. The van der Waals surface area contributed by atoms with Crippen LogP contribution in [0.15, 0.2) is 48.5 Å². The molecule has 0 aliphatic carbocycles. The largest absolute Gasteiger partial charge is 0.493 e. The van der Waals surface area contributed by atoms with E-state index in [4.69, 9.17) is 24.7 Å². The molecule has 182 valence electrons. The summed E-state index contributed by atoms with van der Waals surface area (Å²) in [6.45, 7) is 2.98. The lowest BCUT2D eigenvalue weighted by Gasteiger charge is -2.29. The molecular weight excluding hydrogens is 446 g/mol. The summed E-state index contributed by atoms with van der Waals surface area (Å²) < 4.78 is 21.6. The molecule has 5 rings (SSSR count). The first kappa shape index (κ1) is 22.9. The van der Waals surface area contributed by atoms with Gasteiger partial charge in [-0.2, -0.15) is 0 Å². The molecule has 3 aromatic carbocycles. The van der Waals surface area contributed by atoms with E-state index in [1.165, 1.54) is 16.7 Å². The van der Waals surface area contributed by atoms with Gasteiger partial charge >= 0.3 is 0 Å². The van der Waals surface area contributed by atoms with Crippen LogP contribution in [0.25, 0.3) is 0 Å². The number of nitrogen functional groups attached to an aromatic ring is 1. The SMILES string of the molecule is COc1cc2c(cc1OC)CN(CCc1ccc(NC(=O)c3cc4c(cc3N)OCO4)cc1)CC2. The molecule has 8 heteroatoms. The number of carbonyl (C=O) groups is 1. The van der Waals surface area contributed by atoms with Crippen molar-refractivity contribution in [3.8, 4) is 23.0 Å². The highest BCUT2D eigenvalue weighted by Gasteiger charge is 2.21. The van der Waals surface area contributed by atoms with Gasteiger partial charge in [0, 0.05) is 37.1 Å². The molecule has 0 saturated heterocycles. The van der Waals surface area contributed by atoms with Crippen molar-refractivity contribution < 1.29 is 23.7 Å². The second-order valence-corrected chi connectivity index (χ2v) is 8.70. The number of benzene rings is 3. The van der Waals surface area contributed by atoms with Crippen molar-refractivity contribution in [2.75, 3.05) is 45.2 Å². The molecule has 2 aliphatic heterocycles. The highest BCUT2D eigenvalue weighted by Crippen LogP contribution is 2.36. The van der Waals surface area contributed by atoms with Crippen LogP contribution in [0.3, 0.4) is 0 Å². The normalized spacial score (nSPS) is 14.3. The van der Waals surface area contributed by atoms with Crippen LogP contribution >= 0.6 is 0 Å². The number of fused-ring (bicyclic) bond motifs is 2. The van der Waals surface area contributed by atoms with E-state index in [1.54, 1.807) is 26.4 Å². The highest BCUT2D eigenvalue weighted by atomic mass is 16.7. The number of hydrogen-bond donors (Lipinski definition) is 2. The summed E-state index contributed by atoms with van der Waals surface area (Å²) >= 11 is 0. The topological polar surface area (TPSA) is 95.3 Å². The van der Waals surface area contributed by atoms with E-state index in [9.17, 15) is 4.79 Å². The van der Waals surface area contributed by atoms with E-state index in [0.717, 1.165) is 44.0 Å². The van der Waals surface area contributed by atoms with Crippen molar-refractivity contribution in [3.05, 3.63) is 70.8 Å². The van der Waals surface area contributed by atoms with Crippen LogP contribution < -0.4 is 30.0 Å². The summed E-state index contributed by atoms with van der Waals surface area (Å²) in [7, 11) is 3.34. The molecule has 0 unspecified atom stereocenters. The lowest BCUT2D eigenvalue weighted by molar-refractivity contribution is 0.102. The zero-order valence-corrected chi connectivity index (χ0v) is 19.9. The predicted octanol–water partition coefficient (Wildman–Crippen LogP) is 3.87. The van der Waals surface area contributed by atoms with Crippen LogP contribution in [0, 0.1) is 0 Å². The summed E-state index contributed by atoms with van der Waals surface area (Å²) in [6, 6.07) is 15.3. The van der Waals surface area contributed by atoms with Gasteiger partial charge in [0.05, 0.1) is 19.8 Å². The number of rotatable bonds is 7. The van der Waals surface area contributed by atoms with E-state index in [0.29, 0.717) is 28.4 Å². The summed E-state index contributed by atoms with van der Waals surface area (Å²) in [5, 5.41) is 2.91. The first-order valence-corrected chi connectivity index (χ1v) is 11.6. The molecule has 0 fully saturated rings. The summed E-state index contributed by atoms with van der Waals surface area (Å²) in [5.41, 5.74) is 11.3. The Kier molecular flexibility index (Phi) is 6.37. The van der Waals surface area contributed by atoms with Gasteiger partial charge in [-0.3, -0.25) is 9.69 Å². The number of nitrogens with two attached hydrogens (primary N) is 1. The number of carbonyl (C=O) groups excluding carboxylic acids is 1. The molecule has 0 radical (unpaired) electrons. The minimum Gasteiger partial charge on any atom is -0.493 e. The van der Waals surface area contributed by atoms with Crippen molar-refractivity contribution in [2.45, 2.75) is 19.4 Å². The van der Waals surface area contributed by atoms with Gasteiger partial charge < -0.3 is 30.0 Å². The third kappa shape index (κ3) is 4.83. The average molecular weight is 476 g/mol. The molecule has 0 spiro atoms. The summed E-state index contributed by atoms with van der Waals surface area (Å²) in [5.74, 6) is 2.35. The lowest BCUT2D eigenvalue weighted by atomic mass is 9.98. The average Bonchev–Trinajstić information content (AvgIpc) is 3.34. The first-order valence-electron chi connectivity index (χ1n) is 11.6. The molecule has 1 amide bonds. The molecule has 3 N–H and O–H groups in total. The Morgan fingerprint density at radius 2 is 1.69 bits per heavy atom. The minimum absolute atomic E-state index is 0.133. The number of methoxy groups -OCH3 is 2. The van der Waals surface area contributed by atoms with Gasteiger partial charge in [0.15, 0.2) is 23.0 Å². The van der Waals surface area contributed by atoms with Crippen LogP contribution in [0.5, 0.6) is 23.0 Å². The molecule has 35 heavy (non-hydrogen) atoms. The molecule has 2 heterocycles. The number of nitrogens with zero attached hydrogens (tertiary/aromatic N) is 1. The quantitative estimate of drug-likeness (QED) is 0.501. The Morgan fingerprint density at radius 3 is 2.40 bits per heavy atom. The van der Waals surface area contributed by atoms with Crippen molar-refractivity contribution in [3.63, 3.8) is 0 Å². The highest BCUT2D eigenvalue weighted by molar-refractivity contribution is 6.08. The molecule has 0 saturated carbocycles. The van der Waals surface area contributed by atoms with Crippen LogP contribution in [0.1, 0.15) is 27.0 Å². The molecule has 3 aromatic rings. The number of anilines is 2. The first-order chi connectivity index (χ1) is 17.0. The van der Waals surface area contributed by atoms with E-state index in [2.05, 4.69) is 22.3 Å². The predicted molar refractivity (Wildman–Crippen MR) is 134 cm³/mol. The minimum atomic E-state index is -0.285. The van der Waals surface area contributed by atoms with Crippen LogP contribution in [-0.4, -0.2) is 44.9 Å². The number of nitrogens with one attached hydrogen (secondary N) is 1. The molecule has 0 bridgehead atoms. The Balaban J connectivity index is 1.17. The standard InChI is InChI=1S/C27H29N3O5/c1-32-23-11-18-8-10-30(15-19(18)12-24(23)33-2)9-7-17-3-5-20(6-4-17)29-27(31)21-13-25-26(14-22(21)28)35-16-34-25/h3-6,11-14H,7-10,15-16,28H2,1-2H3,(H,29,31). The second kappa shape index (κ2) is 9.76. The number of amides is 1. The van der Waals surface area contributed by atoms with Crippen LogP contribution in [-0.2, 0) is 19.4 Å². The molecule has 0 aromatic heterocycles. The van der Waals surface area contributed by atoms with Crippen LogP contribution in [0.2, 0.25) is 0 Å². The maximum Gasteiger partial charge on any atom is 0.257 e. The number of ether oxygens (including phenoxy) is 4. The monoisotopic (exact) mass is 475 g/mol. The molecule has 8 nitrogen and oxygen atoms in total. The van der Waals surface area contributed by atoms with Gasteiger partial charge in [0.25, 0.3) is 5.91 Å². The van der Waals surface area contributed by atoms with Crippen LogP contribution in [0.4, 0.5) is 11.4 Å². The molecule has 2 aliphatic rings. The van der Waals surface area contributed by atoms with E-state index in [1.807, 2.05) is 24.3 Å². The Labute approximate surface area is 204 Å². The van der Waals surface area contributed by atoms with Gasteiger partial charge in [0.1, 0.15) is 0 Å². The van der Waals surface area contributed by atoms with Gasteiger partial charge in [-0.25, -0.2) is 0 Å². The Bertz CT molecular complexity index is 1240. The summed E-state index contributed by atoms with van der Waals surface area (Å²) in [4.78, 5) is 15.2. The zero-order chi connectivity index (χ0) is 24.4. The smallest absolute Gasteiger partial charge is 0.257 e. The fraction of sp³-hybridized carbons (Fsp3) is 0.296. The fourth-order valence-corrected chi connectivity index (χ4v) is 4.53. The van der Waals surface area contributed by atoms with Crippen molar-refractivity contribution in [1.29, 1.82) is 0 Å². The maximum atomic E-state index is 12.7. The van der Waals surface area contributed by atoms with E-state index >= 15 is 0 Å². The second-order valence-electron chi connectivity index (χ2n) is 8.70.